The van der Waals surface area contributed by atoms with E-state index in [0.717, 1.165) is 32.9 Å². The Morgan fingerprint density at radius 3 is 2.59 bits per heavy atom. The van der Waals surface area contributed by atoms with Crippen molar-refractivity contribution in [1.82, 2.24) is 10.2 Å². The summed E-state index contributed by atoms with van der Waals surface area (Å²) in [4.78, 5) is 11.8. The zero-order valence-electron chi connectivity index (χ0n) is 9.56. The van der Waals surface area contributed by atoms with Gasteiger partial charge in [-0.05, 0) is 19.4 Å². The molecule has 1 aliphatic heterocycles. The van der Waals surface area contributed by atoms with Crippen LogP contribution in [0.25, 0.3) is 0 Å². The zero-order chi connectivity index (χ0) is 13.1. The van der Waals surface area contributed by atoms with Gasteiger partial charge in [0.25, 0.3) is 5.91 Å². The highest BCUT2D eigenvalue weighted by Gasteiger charge is 2.50. The van der Waals surface area contributed by atoms with Crippen molar-refractivity contribution in [1.29, 1.82) is 0 Å². The Morgan fingerprint density at radius 1 is 1.47 bits per heavy atom. The molecule has 3 nitrogen and oxygen atoms in total. The van der Waals surface area contributed by atoms with E-state index < -0.39 is 18.3 Å². The van der Waals surface area contributed by atoms with Gasteiger partial charge in [-0.2, -0.15) is 8.78 Å². The molecule has 1 atom stereocenters. The standard InChI is InChI=1S/C10H16F4N2O/c1-16(6-7-4-2-3-5-15-7)9(17)10(13,14)8(11)12/h7-8,15H,2-6H2,1H3. The van der Waals surface area contributed by atoms with Gasteiger partial charge in [-0.15, -0.1) is 0 Å². The Hall–Kier alpha value is -0.850. The van der Waals surface area contributed by atoms with Gasteiger partial charge in [-0.1, -0.05) is 6.42 Å². The number of halogens is 4. The number of carbonyl (C=O) groups is 1. The largest absolute Gasteiger partial charge is 0.383 e. The molecule has 0 aromatic rings. The molecular formula is C10H16F4N2O. The Kier molecular flexibility index (Phi) is 4.73. The summed E-state index contributed by atoms with van der Waals surface area (Å²) in [5, 5.41) is 3.06. The number of nitrogens with one attached hydrogen (secondary N) is 1. The van der Waals surface area contributed by atoms with Crippen LogP contribution in [0, 0.1) is 0 Å². The predicted octanol–water partition coefficient (Wildman–Crippen LogP) is 1.49. The van der Waals surface area contributed by atoms with Crippen molar-refractivity contribution in [2.75, 3.05) is 20.1 Å². The number of hydrogen-bond acceptors (Lipinski definition) is 2. The molecule has 100 valence electrons. The number of piperidine rings is 1. The van der Waals surface area contributed by atoms with Crippen molar-refractivity contribution in [2.24, 2.45) is 0 Å². The van der Waals surface area contributed by atoms with E-state index in [2.05, 4.69) is 5.32 Å². The number of likely N-dealkylation sites (N-methyl/N-ethyl adjacent to an activating group) is 1. The molecule has 1 N–H and O–H groups in total. The van der Waals surface area contributed by atoms with Crippen LogP contribution >= 0.6 is 0 Å². The fraction of sp³-hybridized carbons (Fsp3) is 0.900. The number of carbonyl (C=O) groups excluding carboxylic acids is 1. The molecule has 0 radical (unpaired) electrons. The molecule has 17 heavy (non-hydrogen) atoms. The minimum Gasteiger partial charge on any atom is -0.339 e. The summed E-state index contributed by atoms with van der Waals surface area (Å²) in [5.41, 5.74) is 0. The summed E-state index contributed by atoms with van der Waals surface area (Å²) < 4.78 is 49.5. The predicted molar refractivity (Wildman–Crippen MR) is 54.2 cm³/mol. The smallest absolute Gasteiger partial charge is 0.339 e. The van der Waals surface area contributed by atoms with Crippen LogP contribution in [0.5, 0.6) is 0 Å². The van der Waals surface area contributed by atoms with Crippen LogP contribution in [-0.2, 0) is 4.79 Å². The van der Waals surface area contributed by atoms with Crippen LogP contribution in [0.15, 0.2) is 0 Å². The van der Waals surface area contributed by atoms with Gasteiger partial charge in [0.05, 0.1) is 0 Å². The van der Waals surface area contributed by atoms with Crippen molar-refractivity contribution in [3.05, 3.63) is 0 Å². The van der Waals surface area contributed by atoms with Crippen LogP contribution in [0.4, 0.5) is 17.6 Å². The first-order valence-corrected chi connectivity index (χ1v) is 5.50. The van der Waals surface area contributed by atoms with Crippen LogP contribution in [0.1, 0.15) is 19.3 Å². The maximum absolute atomic E-state index is 12.8. The molecule has 1 fully saturated rings. The van der Waals surface area contributed by atoms with Crippen LogP contribution in [0.3, 0.4) is 0 Å². The van der Waals surface area contributed by atoms with E-state index in [0.29, 0.717) is 4.90 Å². The zero-order valence-corrected chi connectivity index (χ0v) is 9.56. The minimum atomic E-state index is -4.59. The molecular weight excluding hydrogens is 240 g/mol. The summed E-state index contributed by atoms with van der Waals surface area (Å²) in [5.74, 6) is -6.41. The van der Waals surface area contributed by atoms with E-state index in [-0.39, 0.29) is 12.6 Å². The van der Waals surface area contributed by atoms with Gasteiger partial charge in [0.1, 0.15) is 0 Å². The highest BCUT2D eigenvalue weighted by Crippen LogP contribution is 2.25. The fourth-order valence-electron chi connectivity index (χ4n) is 1.84. The fourth-order valence-corrected chi connectivity index (χ4v) is 1.84. The Labute approximate surface area is 97.2 Å². The molecule has 0 spiro atoms. The third-order valence-electron chi connectivity index (χ3n) is 2.81. The number of alkyl halides is 4. The molecule has 1 rings (SSSR count). The van der Waals surface area contributed by atoms with Gasteiger partial charge in [-0.3, -0.25) is 4.79 Å². The molecule has 1 saturated heterocycles. The third-order valence-corrected chi connectivity index (χ3v) is 2.81. The lowest BCUT2D eigenvalue weighted by atomic mass is 10.0. The summed E-state index contributed by atoms with van der Waals surface area (Å²) in [6.07, 6.45) is -1.25. The van der Waals surface area contributed by atoms with E-state index in [1.807, 2.05) is 0 Å². The van der Waals surface area contributed by atoms with Gasteiger partial charge in [-0.25, -0.2) is 8.78 Å². The molecule has 0 saturated carbocycles. The number of nitrogens with zero attached hydrogens (tertiary/aromatic N) is 1. The van der Waals surface area contributed by atoms with E-state index in [1.165, 1.54) is 0 Å². The lowest BCUT2D eigenvalue weighted by Gasteiger charge is -2.29. The van der Waals surface area contributed by atoms with Crippen LogP contribution in [-0.4, -0.2) is 49.3 Å². The van der Waals surface area contributed by atoms with Gasteiger partial charge in [0.15, 0.2) is 0 Å². The van der Waals surface area contributed by atoms with Gasteiger partial charge < -0.3 is 10.2 Å². The Balaban J connectivity index is 2.51. The number of amides is 1. The summed E-state index contributed by atoms with van der Waals surface area (Å²) in [7, 11) is 1.12. The molecule has 0 aromatic heterocycles. The normalized spacial score (nSPS) is 21.6. The lowest BCUT2D eigenvalue weighted by molar-refractivity contribution is -0.179. The van der Waals surface area contributed by atoms with E-state index in [9.17, 15) is 22.4 Å². The maximum atomic E-state index is 12.8. The van der Waals surface area contributed by atoms with Crippen molar-refractivity contribution < 1.29 is 22.4 Å². The van der Waals surface area contributed by atoms with Crippen LogP contribution in [0.2, 0.25) is 0 Å². The van der Waals surface area contributed by atoms with Gasteiger partial charge in [0, 0.05) is 19.6 Å². The number of rotatable bonds is 4. The summed E-state index contributed by atoms with van der Waals surface area (Å²) in [6.45, 7) is 0.791. The van der Waals surface area contributed by atoms with Crippen LogP contribution < -0.4 is 5.32 Å². The monoisotopic (exact) mass is 256 g/mol. The van der Waals surface area contributed by atoms with E-state index >= 15 is 0 Å². The Morgan fingerprint density at radius 2 is 2.12 bits per heavy atom. The van der Waals surface area contributed by atoms with Crippen molar-refractivity contribution in [2.45, 2.75) is 37.7 Å². The first kappa shape index (κ1) is 14.2. The quantitative estimate of drug-likeness (QED) is 0.773. The number of hydrogen-bond donors (Lipinski definition) is 1. The molecule has 0 aliphatic carbocycles. The van der Waals surface area contributed by atoms with Crippen molar-refractivity contribution in [3.63, 3.8) is 0 Å². The summed E-state index contributed by atoms with van der Waals surface area (Å²) >= 11 is 0. The topological polar surface area (TPSA) is 32.3 Å². The summed E-state index contributed by atoms with van der Waals surface area (Å²) in [6, 6.07) is -0.0915. The highest BCUT2D eigenvalue weighted by atomic mass is 19.3. The maximum Gasteiger partial charge on any atom is 0.383 e. The average molecular weight is 256 g/mol. The van der Waals surface area contributed by atoms with Gasteiger partial charge in [0.2, 0.25) is 0 Å². The molecule has 1 unspecified atom stereocenters. The average Bonchev–Trinajstić information content (AvgIpc) is 2.29. The van der Waals surface area contributed by atoms with Crippen molar-refractivity contribution in [3.8, 4) is 0 Å². The second kappa shape index (κ2) is 5.66. The highest BCUT2D eigenvalue weighted by molar-refractivity contribution is 5.83. The first-order valence-electron chi connectivity index (χ1n) is 5.50. The molecule has 7 heteroatoms. The second-order valence-electron chi connectivity index (χ2n) is 4.26. The van der Waals surface area contributed by atoms with Crippen molar-refractivity contribution >= 4 is 5.91 Å². The van der Waals surface area contributed by atoms with Gasteiger partial charge >= 0.3 is 12.3 Å². The lowest BCUT2D eigenvalue weighted by Crippen LogP contribution is -2.51. The molecule has 0 bridgehead atoms. The first-order chi connectivity index (χ1) is 7.85. The second-order valence-corrected chi connectivity index (χ2v) is 4.26. The van der Waals surface area contributed by atoms with E-state index in [4.69, 9.17) is 0 Å². The SMILES string of the molecule is CN(CC1CCCCN1)C(=O)C(F)(F)C(F)F. The minimum absolute atomic E-state index is 0.0289. The molecule has 0 aromatic carbocycles. The molecule has 1 heterocycles. The third kappa shape index (κ3) is 3.55. The Bertz CT molecular complexity index is 267. The molecule has 1 aliphatic rings. The van der Waals surface area contributed by atoms with E-state index in [1.54, 1.807) is 0 Å². The molecule has 1 amide bonds.